The first kappa shape index (κ1) is 28.8. The Morgan fingerprint density at radius 2 is 1.51 bits per heavy atom. The highest BCUT2D eigenvalue weighted by molar-refractivity contribution is 6.05. The van der Waals surface area contributed by atoms with Crippen molar-refractivity contribution >= 4 is 11.8 Å². The van der Waals surface area contributed by atoms with Gasteiger partial charge in [-0.05, 0) is 37.1 Å². The molecule has 6 nitrogen and oxygen atoms in total. The van der Waals surface area contributed by atoms with Crippen molar-refractivity contribution in [2.75, 3.05) is 20.3 Å². The van der Waals surface area contributed by atoms with Crippen LogP contribution in [0.2, 0.25) is 0 Å². The molecule has 0 bridgehead atoms. The molecule has 0 aliphatic heterocycles. The number of carbonyl (C=O) groups is 2. The third-order valence-corrected chi connectivity index (χ3v) is 5.81. The van der Waals surface area contributed by atoms with Gasteiger partial charge in [0.1, 0.15) is 18.0 Å². The van der Waals surface area contributed by atoms with Gasteiger partial charge < -0.3 is 19.7 Å². The molecule has 1 aliphatic rings. The standard InChI is InChI=1S/C21H22F8O6/c1-34-13-7-5-12(6-8-13)15(31)17(33)9-3-2-4-14(17)16(32)35-11-19(24,25)21(28,29)20(26,27)18(22,23)10-30/h5-8,14,30,33H,2-4,9-11H2,1H3. The van der Waals surface area contributed by atoms with E-state index in [2.05, 4.69) is 4.74 Å². The van der Waals surface area contributed by atoms with Crippen LogP contribution in [0.3, 0.4) is 0 Å². The van der Waals surface area contributed by atoms with E-state index in [0.29, 0.717) is 5.75 Å². The van der Waals surface area contributed by atoms with E-state index in [-0.39, 0.29) is 31.2 Å². The molecule has 1 aliphatic carbocycles. The van der Waals surface area contributed by atoms with E-state index in [1.165, 1.54) is 31.4 Å². The molecule has 1 aromatic carbocycles. The molecule has 198 valence electrons. The number of rotatable bonds is 10. The molecule has 0 amide bonds. The number of hydrogen-bond donors (Lipinski definition) is 2. The minimum atomic E-state index is -6.74. The van der Waals surface area contributed by atoms with E-state index in [1.54, 1.807) is 0 Å². The fourth-order valence-electron chi connectivity index (χ4n) is 3.64. The average molecular weight is 522 g/mol. The molecule has 2 N–H and O–H groups in total. The zero-order valence-corrected chi connectivity index (χ0v) is 18.2. The number of alkyl halides is 8. The highest BCUT2D eigenvalue weighted by Gasteiger charge is 2.80. The first-order valence-corrected chi connectivity index (χ1v) is 10.2. The van der Waals surface area contributed by atoms with Gasteiger partial charge >= 0.3 is 29.7 Å². The number of Topliss-reactive ketones (excluding diaryl/α,β-unsaturated/α-hetero) is 1. The van der Waals surface area contributed by atoms with Gasteiger partial charge in [-0.1, -0.05) is 12.8 Å². The molecule has 1 fully saturated rings. The minimum absolute atomic E-state index is 0.101. The summed E-state index contributed by atoms with van der Waals surface area (Å²) in [6.45, 7) is -5.60. The Morgan fingerprint density at radius 1 is 0.971 bits per heavy atom. The Bertz CT molecular complexity index is 921. The molecule has 2 rings (SSSR count). The summed E-state index contributed by atoms with van der Waals surface area (Å²) in [6.07, 6.45) is -0.201. The van der Waals surface area contributed by atoms with Gasteiger partial charge in [0.05, 0.1) is 13.0 Å². The maximum absolute atomic E-state index is 13.9. The summed E-state index contributed by atoms with van der Waals surface area (Å²) in [5.74, 6) is -29.6. The number of halogens is 8. The van der Waals surface area contributed by atoms with Crippen molar-refractivity contribution in [3.63, 3.8) is 0 Å². The summed E-state index contributed by atoms with van der Waals surface area (Å²) < 4.78 is 117. The van der Waals surface area contributed by atoms with Crippen LogP contribution in [0, 0.1) is 5.92 Å². The number of ketones is 1. The third-order valence-electron chi connectivity index (χ3n) is 5.81. The quantitative estimate of drug-likeness (QED) is 0.275. The van der Waals surface area contributed by atoms with Crippen LogP contribution >= 0.6 is 0 Å². The highest BCUT2D eigenvalue weighted by atomic mass is 19.4. The van der Waals surface area contributed by atoms with Gasteiger partial charge in [-0.2, -0.15) is 35.1 Å². The largest absolute Gasteiger partial charge is 0.497 e. The lowest BCUT2D eigenvalue weighted by Gasteiger charge is -2.38. The first-order valence-electron chi connectivity index (χ1n) is 10.2. The maximum atomic E-state index is 13.9. The van der Waals surface area contributed by atoms with E-state index >= 15 is 0 Å². The number of aliphatic hydroxyl groups is 2. The Balaban J connectivity index is 2.24. The van der Waals surface area contributed by atoms with Crippen LogP contribution in [0.25, 0.3) is 0 Å². The second kappa shape index (κ2) is 9.88. The summed E-state index contributed by atoms with van der Waals surface area (Å²) in [5.41, 5.74) is -2.59. The van der Waals surface area contributed by atoms with Gasteiger partial charge in [0.2, 0.25) is 0 Å². The van der Waals surface area contributed by atoms with Gasteiger partial charge in [-0.15, -0.1) is 0 Å². The van der Waals surface area contributed by atoms with Crippen molar-refractivity contribution < 1.29 is 64.4 Å². The van der Waals surface area contributed by atoms with E-state index in [9.17, 15) is 49.8 Å². The molecule has 35 heavy (non-hydrogen) atoms. The lowest BCUT2D eigenvalue weighted by atomic mass is 9.71. The van der Waals surface area contributed by atoms with E-state index < -0.39 is 60.2 Å². The van der Waals surface area contributed by atoms with Crippen LogP contribution in [-0.2, 0) is 9.53 Å². The molecule has 0 spiro atoms. The predicted molar refractivity (Wildman–Crippen MR) is 102 cm³/mol. The predicted octanol–water partition coefficient (Wildman–Crippen LogP) is 3.88. The molecule has 1 aromatic rings. The van der Waals surface area contributed by atoms with Crippen LogP contribution in [0.5, 0.6) is 5.75 Å². The molecule has 0 heterocycles. The van der Waals surface area contributed by atoms with Crippen molar-refractivity contribution in [1.29, 1.82) is 0 Å². The molecule has 0 saturated heterocycles. The maximum Gasteiger partial charge on any atom is 0.381 e. The van der Waals surface area contributed by atoms with Crippen molar-refractivity contribution in [3.8, 4) is 5.75 Å². The van der Waals surface area contributed by atoms with Crippen LogP contribution < -0.4 is 4.74 Å². The summed E-state index contributed by atoms with van der Waals surface area (Å²) in [7, 11) is 1.34. The van der Waals surface area contributed by atoms with E-state index in [0.717, 1.165) is 0 Å². The molecule has 0 aromatic heterocycles. The van der Waals surface area contributed by atoms with Gasteiger partial charge in [0.25, 0.3) is 0 Å². The summed E-state index contributed by atoms with van der Waals surface area (Å²) >= 11 is 0. The monoisotopic (exact) mass is 522 g/mol. The molecule has 2 unspecified atom stereocenters. The lowest BCUT2D eigenvalue weighted by Crippen LogP contribution is -2.64. The summed E-state index contributed by atoms with van der Waals surface area (Å²) in [4.78, 5) is 25.3. The molecule has 2 atom stereocenters. The second-order valence-electron chi connectivity index (χ2n) is 8.10. The van der Waals surface area contributed by atoms with Gasteiger partial charge in [0, 0.05) is 5.56 Å². The average Bonchev–Trinajstić information content (AvgIpc) is 2.82. The second-order valence-corrected chi connectivity index (χ2v) is 8.10. The number of hydrogen-bond acceptors (Lipinski definition) is 6. The van der Waals surface area contributed by atoms with Crippen LogP contribution in [-0.4, -0.2) is 71.6 Å². The van der Waals surface area contributed by atoms with Gasteiger partial charge in [-0.3, -0.25) is 9.59 Å². The fourth-order valence-corrected chi connectivity index (χ4v) is 3.64. The molecular formula is C21H22F8O6. The van der Waals surface area contributed by atoms with Crippen LogP contribution in [0.1, 0.15) is 36.0 Å². The Kier molecular flexibility index (Phi) is 8.12. The zero-order valence-electron chi connectivity index (χ0n) is 18.2. The normalized spacial score (nSPS) is 22.0. The smallest absolute Gasteiger partial charge is 0.381 e. The Morgan fingerprint density at radius 3 is 2.03 bits per heavy atom. The number of carbonyl (C=O) groups excluding carboxylic acids is 2. The van der Waals surface area contributed by atoms with Crippen molar-refractivity contribution in [2.24, 2.45) is 5.92 Å². The summed E-state index contributed by atoms with van der Waals surface area (Å²) in [5, 5.41) is 19.2. The van der Waals surface area contributed by atoms with Gasteiger partial charge in [-0.25, -0.2) is 0 Å². The van der Waals surface area contributed by atoms with E-state index in [1.807, 2.05) is 0 Å². The van der Waals surface area contributed by atoms with Crippen LogP contribution in [0.15, 0.2) is 24.3 Å². The number of benzene rings is 1. The molecule has 14 heteroatoms. The topological polar surface area (TPSA) is 93.1 Å². The first-order chi connectivity index (χ1) is 16.0. The highest BCUT2D eigenvalue weighted by Crippen LogP contribution is 2.52. The zero-order chi connectivity index (χ0) is 26.9. The molecule has 1 saturated carbocycles. The molecule has 0 radical (unpaired) electrons. The number of aliphatic hydroxyl groups excluding tert-OH is 1. The van der Waals surface area contributed by atoms with Crippen molar-refractivity contribution in [1.82, 2.24) is 0 Å². The lowest BCUT2D eigenvalue weighted by molar-refractivity contribution is -0.374. The SMILES string of the molecule is COc1ccc(C(=O)C2(O)CCCCC2C(=O)OCC(F)(F)C(F)(F)C(F)(F)C(F)(F)CO)cc1. The molecular weight excluding hydrogens is 500 g/mol. The minimum Gasteiger partial charge on any atom is -0.497 e. The Labute approximate surface area is 193 Å². The van der Waals surface area contributed by atoms with Crippen LogP contribution in [0.4, 0.5) is 35.1 Å². The fraction of sp³-hybridized carbons (Fsp3) is 0.619. The Hall–Kier alpha value is -2.48. The van der Waals surface area contributed by atoms with Crippen molar-refractivity contribution in [2.45, 2.75) is 55.0 Å². The van der Waals surface area contributed by atoms with Crippen molar-refractivity contribution in [3.05, 3.63) is 29.8 Å². The van der Waals surface area contributed by atoms with E-state index in [4.69, 9.17) is 9.84 Å². The number of methoxy groups -OCH3 is 1. The number of esters is 1. The van der Waals surface area contributed by atoms with Gasteiger partial charge in [0.15, 0.2) is 12.4 Å². The number of ether oxygens (including phenoxy) is 2. The summed E-state index contributed by atoms with van der Waals surface area (Å²) in [6, 6.07) is 5.21. The third kappa shape index (κ3) is 5.08.